The molecule has 3 aromatic heterocycles. The number of carbonyl (C=O) groups excluding carboxylic acids is 1. The summed E-state index contributed by atoms with van der Waals surface area (Å²) in [5.74, 6) is -0.155. The molecule has 0 fully saturated rings. The summed E-state index contributed by atoms with van der Waals surface area (Å²) in [6, 6.07) is 7.49. The minimum absolute atomic E-state index is 0.155. The maximum atomic E-state index is 12.4. The van der Waals surface area contributed by atoms with Gasteiger partial charge in [-0.25, -0.2) is 4.98 Å². The molecule has 0 spiro atoms. The van der Waals surface area contributed by atoms with Crippen LogP contribution >= 0.6 is 0 Å². The van der Waals surface area contributed by atoms with E-state index in [0.29, 0.717) is 35.3 Å². The van der Waals surface area contributed by atoms with Crippen LogP contribution in [0, 0.1) is 13.8 Å². The van der Waals surface area contributed by atoms with Crippen LogP contribution in [0.5, 0.6) is 0 Å². The number of nitrogens with one attached hydrogen (secondary N) is 1. The van der Waals surface area contributed by atoms with Crippen LogP contribution < -0.4 is 5.32 Å². The second kappa shape index (κ2) is 5.93. The first-order valence-electron chi connectivity index (χ1n) is 7.07. The molecule has 0 aliphatic heterocycles. The molecule has 112 valence electrons. The summed E-state index contributed by atoms with van der Waals surface area (Å²) in [5.41, 5.74) is 3.27. The largest absolute Gasteiger partial charge is 0.352 e. The average Bonchev–Trinajstić information content (AvgIpc) is 2.88. The lowest BCUT2D eigenvalue weighted by Gasteiger charge is -2.06. The number of hydrogen-bond donors (Lipinski definition) is 1. The van der Waals surface area contributed by atoms with Gasteiger partial charge in [0, 0.05) is 30.6 Å². The molecule has 3 heterocycles. The van der Waals surface area contributed by atoms with Crippen LogP contribution in [-0.2, 0) is 6.42 Å². The fourth-order valence-electron chi connectivity index (χ4n) is 2.34. The van der Waals surface area contributed by atoms with Gasteiger partial charge in [0.15, 0.2) is 0 Å². The van der Waals surface area contributed by atoms with Crippen molar-refractivity contribution in [1.29, 1.82) is 0 Å². The Labute approximate surface area is 127 Å². The number of amides is 1. The average molecular weight is 296 g/mol. The van der Waals surface area contributed by atoms with Gasteiger partial charge in [-0.3, -0.25) is 9.78 Å². The minimum Gasteiger partial charge on any atom is -0.352 e. The number of aryl methyl sites for hydroxylation is 2. The summed E-state index contributed by atoms with van der Waals surface area (Å²) in [6.07, 6.45) is 2.43. The van der Waals surface area contributed by atoms with Gasteiger partial charge in [-0.1, -0.05) is 11.2 Å². The summed E-state index contributed by atoms with van der Waals surface area (Å²) in [4.78, 5) is 20.9. The summed E-state index contributed by atoms with van der Waals surface area (Å²) in [5, 5.41) is 7.46. The fourth-order valence-corrected chi connectivity index (χ4v) is 2.34. The second-order valence-electron chi connectivity index (χ2n) is 5.09. The summed E-state index contributed by atoms with van der Waals surface area (Å²) < 4.78 is 5.14. The molecule has 1 N–H and O–H groups in total. The quantitative estimate of drug-likeness (QED) is 0.798. The highest BCUT2D eigenvalue weighted by Gasteiger charge is 2.17. The van der Waals surface area contributed by atoms with E-state index in [2.05, 4.69) is 20.4 Å². The Bertz CT molecular complexity index is 812. The van der Waals surface area contributed by atoms with E-state index in [1.165, 1.54) is 0 Å². The molecule has 0 aromatic carbocycles. The van der Waals surface area contributed by atoms with Gasteiger partial charge in [-0.05, 0) is 32.0 Å². The molecule has 0 atom stereocenters. The summed E-state index contributed by atoms with van der Waals surface area (Å²) in [7, 11) is 0. The fraction of sp³-hybridized carbons (Fsp3) is 0.250. The highest BCUT2D eigenvalue weighted by molar-refractivity contribution is 6.06. The van der Waals surface area contributed by atoms with Crippen LogP contribution in [0.25, 0.3) is 11.1 Å². The molecule has 0 aliphatic carbocycles. The van der Waals surface area contributed by atoms with Gasteiger partial charge >= 0.3 is 0 Å². The standard InChI is InChI=1S/C16H16N4O2/c1-10-9-13(14-11(2)20-22-16(14)19-10)15(21)18-8-6-12-5-3-4-7-17-12/h3-5,7,9H,6,8H2,1-2H3,(H,18,21). The maximum Gasteiger partial charge on any atom is 0.258 e. The number of aromatic nitrogens is 3. The molecule has 22 heavy (non-hydrogen) atoms. The van der Waals surface area contributed by atoms with Gasteiger partial charge in [-0.15, -0.1) is 0 Å². The van der Waals surface area contributed by atoms with Crippen LogP contribution in [0.1, 0.15) is 27.4 Å². The number of rotatable bonds is 4. The van der Waals surface area contributed by atoms with E-state index >= 15 is 0 Å². The van der Waals surface area contributed by atoms with Crippen molar-refractivity contribution in [1.82, 2.24) is 20.4 Å². The Morgan fingerprint density at radius 1 is 1.32 bits per heavy atom. The smallest absolute Gasteiger partial charge is 0.258 e. The van der Waals surface area contributed by atoms with Crippen molar-refractivity contribution in [2.24, 2.45) is 0 Å². The predicted octanol–water partition coefficient (Wildman–Crippen LogP) is 2.21. The van der Waals surface area contributed by atoms with Crippen molar-refractivity contribution in [3.63, 3.8) is 0 Å². The third kappa shape index (κ3) is 2.81. The summed E-state index contributed by atoms with van der Waals surface area (Å²) >= 11 is 0. The Kier molecular flexibility index (Phi) is 3.82. The van der Waals surface area contributed by atoms with Gasteiger partial charge in [-0.2, -0.15) is 0 Å². The van der Waals surface area contributed by atoms with E-state index in [-0.39, 0.29) is 5.91 Å². The molecule has 1 amide bonds. The molecule has 6 nitrogen and oxygen atoms in total. The molecular weight excluding hydrogens is 280 g/mol. The molecule has 0 aliphatic rings. The molecule has 0 bridgehead atoms. The van der Waals surface area contributed by atoms with E-state index in [9.17, 15) is 4.79 Å². The molecular formula is C16H16N4O2. The highest BCUT2D eigenvalue weighted by Crippen LogP contribution is 2.21. The second-order valence-corrected chi connectivity index (χ2v) is 5.09. The van der Waals surface area contributed by atoms with Crippen molar-refractivity contribution in [3.8, 4) is 0 Å². The minimum atomic E-state index is -0.155. The number of carbonyl (C=O) groups is 1. The number of hydrogen-bond acceptors (Lipinski definition) is 5. The van der Waals surface area contributed by atoms with Crippen LogP contribution in [0.3, 0.4) is 0 Å². The maximum absolute atomic E-state index is 12.4. The lowest BCUT2D eigenvalue weighted by atomic mass is 10.1. The van der Waals surface area contributed by atoms with Gasteiger partial charge in [0.2, 0.25) is 0 Å². The van der Waals surface area contributed by atoms with Crippen molar-refractivity contribution < 1.29 is 9.32 Å². The van der Waals surface area contributed by atoms with Gasteiger partial charge in [0.05, 0.1) is 16.6 Å². The lowest BCUT2D eigenvalue weighted by Crippen LogP contribution is -2.26. The Balaban J connectivity index is 1.76. The SMILES string of the molecule is Cc1cc(C(=O)NCCc2ccccn2)c2c(C)noc2n1. The number of pyridine rings is 2. The van der Waals surface area contributed by atoms with E-state index in [0.717, 1.165) is 11.4 Å². The Morgan fingerprint density at radius 2 is 2.18 bits per heavy atom. The van der Waals surface area contributed by atoms with E-state index < -0.39 is 0 Å². The van der Waals surface area contributed by atoms with Gasteiger partial charge < -0.3 is 9.84 Å². The van der Waals surface area contributed by atoms with Crippen LogP contribution in [0.4, 0.5) is 0 Å². The van der Waals surface area contributed by atoms with Crippen LogP contribution in [0.15, 0.2) is 35.0 Å². The third-order valence-corrected chi connectivity index (χ3v) is 3.38. The first-order chi connectivity index (χ1) is 10.6. The molecule has 0 unspecified atom stereocenters. The molecule has 0 saturated heterocycles. The highest BCUT2D eigenvalue weighted by atomic mass is 16.5. The molecule has 0 saturated carbocycles. The monoisotopic (exact) mass is 296 g/mol. The Morgan fingerprint density at radius 3 is 2.95 bits per heavy atom. The predicted molar refractivity (Wildman–Crippen MR) is 81.6 cm³/mol. The molecule has 6 heteroatoms. The van der Waals surface area contributed by atoms with E-state index in [1.807, 2.05) is 25.1 Å². The number of fused-ring (bicyclic) bond motifs is 1. The van der Waals surface area contributed by atoms with Crippen LogP contribution in [-0.4, -0.2) is 27.6 Å². The molecule has 3 rings (SSSR count). The van der Waals surface area contributed by atoms with Crippen molar-refractivity contribution >= 4 is 17.0 Å². The first kappa shape index (κ1) is 14.2. The third-order valence-electron chi connectivity index (χ3n) is 3.38. The number of nitrogens with zero attached hydrogens (tertiary/aromatic N) is 3. The van der Waals surface area contributed by atoms with E-state index in [1.54, 1.807) is 19.2 Å². The van der Waals surface area contributed by atoms with Crippen LogP contribution in [0.2, 0.25) is 0 Å². The van der Waals surface area contributed by atoms with E-state index in [4.69, 9.17) is 4.52 Å². The molecule has 3 aromatic rings. The first-order valence-corrected chi connectivity index (χ1v) is 7.07. The normalized spacial score (nSPS) is 10.8. The zero-order chi connectivity index (χ0) is 15.5. The van der Waals surface area contributed by atoms with Gasteiger partial charge in [0.1, 0.15) is 0 Å². The van der Waals surface area contributed by atoms with Crippen molar-refractivity contribution in [2.45, 2.75) is 20.3 Å². The Hall–Kier alpha value is -2.76. The van der Waals surface area contributed by atoms with Crippen molar-refractivity contribution in [2.75, 3.05) is 6.54 Å². The topological polar surface area (TPSA) is 80.9 Å². The lowest BCUT2D eigenvalue weighted by molar-refractivity contribution is 0.0955. The zero-order valence-electron chi connectivity index (χ0n) is 12.5. The van der Waals surface area contributed by atoms with Crippen molar-refractivity contribution in [3.05, 3.63) is 53.1 Å². The van der Waals surface area contributed by atoms with Gasteiger partial charge in [0.25, 0.3) is 11.6 Å². The summed E-state index contributed by atoms with van der Waals surface area (Å²) in [6.45, 7) is 4.14. The zero-order valence-corrected chi connectivity index (χ0v) is 12.5. The molecule has 0 radical (unpaired) electrons.